The van der Waals surface area contributed by atoms with Crippen molar-refractivity contribution in [3.63, 3.8) is 0 Å². The molecule has 1 heterocycles. The van der Waals surface area contributed by atoms with E-state index in [1.165, 1.54) is 0 Å². The second-order valence-electron chi connectivity index (χ2n) is 3.62. The van der Waals surface area contributed by atoms with Gasteiger partial charge in [-0.25, -0.2) is 0 Å². The van der Waals surface area contributed by atoms with Crippen LogP contribution in [0.1, 0.15) is 24.2 Å². The molecular formula is C12H15N3OS. The molecule has 0 aliphatic heterocycles. The molecule has 0 atom stereocenters. The molecule has 0 fully saturated rings. The Morgan fingerprint density at radius 3 is 2.94 bits per heavy atom. The third-order valence-corrected chi connectivity index (χ3v) is 3.21. The summed E-state index contributed by atoms with van der Waals surface area (Å²) in [5, 5.41) is 3.93. The van der Waals surface area contributed by atoms with Crippen LogP contribution in [0.2, 0.25) is 0 Å². The van der Waals surface area contributed by atoms with Gasteiger partial charge in [0, 0.05) is 5.69 Å². The van der Waals surface area contributed by atoms with Crippen LogP contribution >= 0.6 is 11.8 Å². The predicted octanol–water partition coefficient (Wildman–Crippen LogP) is 2.50. The van der Waals surface area contributed by atoms with E-state index in [9.17, 15) is 0 Å². The van der Waals surface area contributed by atoms with Gasteiger partial charge in [-0.2, -0.15) is 16.7 Å². The maximum Gasteiger partial charge on any atom is 0.231 e. The minimum absolute atomic E-state index is 0.594. The normalized spacial score (nSPS) is 10.6. The highest BCUT2D eigenvalue weighted by Crippen LogP contribution is 2.16. The maximum absolute atomic E-state index is 5.86. The number of aromatic nitrogens is 2. The molecular weight excluding hydrogens is 234 g/mol. The number of hydrogen-bond acceptors (Lipinski definition) is 5. The van der Waals surface area contributed by atoms with Gasteiger partial charge in [0.05, 0.1) is 12.2 Å². The van der Waals surface area contributed by atoms with E-state index in [4.69, 9.17) is 10.3 Å². The first-order chi connectivity index (χ1) is 8.29. The molecule has 0 radical (unpaired) electrons. The average molecular weight is 249 g/mol. The number of anilines is 1. The zero-order valence-corrected chi connectivity index (χ0v) is 10.5. The van der Waals surface area contributed by atoms with Crippen molar-refractivity contribution in [1.82, 2.24) is 10.1 Å². The summed E-state index contributed by atoms with van der Waals surface area (Å²) in [5.74, 6) is 3.22. The second kappa shape index (κ2) is 5.72. The third-order valence-electron chi connectivity index (χ3n) is 2.34. The molecule has 0 saturated carbocycles. The summed E-state index contributed by atoms with van der Waals surface area (Å²) in [5.41, 5.74) is 7.64. The topological polar surface area (TPSA) is 64.9 Å². The van der Waals surface area contributed by atoms with Crippen molar-refractivity contribution >= 4 is 17.4 Å². The lowest BCUT2D eigenvalue weighted by Gasteiger charge is -2.00. The lowest BCUT2D eigenvalue weighted by Crippen LogP contribution is -1.95. The fraction of sp³-hybridized carbons (Fsp3) is 0.333. The molecule has 90 valence electrons. The van der Waals surface area contributed by atoms with Crippen molar-refractivity contribution < 1.29 is 4.52 Å². The van der Waals surface area contributed by atoms with Crippen LogP contribution in [0.4, 0.5) is 5.69 Å². The average Bonchev–Trinajstić information content (AvgIpc) is 2.77. The number of hydrogen-bond donors (Lipinski definition) is 1. The lowest BCUT2D eigenvalue weighted by atomic mass is 10.1. The Labute approximate surface area is 105 Å². The van der Waals surface area contributed by atoms with Crippen molar-refractivity contribution in [2.24, 2.45) is 0 Å². The Hall–Kier alpha value is -1.49. The molecule has 1 aromatic heterocycles. The van der Waals surface area contributed by atoms with Gasteiger partial charge in [0.25, 0.3) is 0 Å². The fourth-order valence-corrected chi connectivity index (χ4v) is 1.98. The summed E-state index contributed by atoms with van der Waals surface area (Å²) >= 11 is 1.77. The first kappa shape index (κ1) is 12.0. The van der Waals surface area contributed by atoms with Crippen LogP contribution in [-0.2, 0) is 12.2 Å². The number of nitrogens with zero attached hydrogens (tertiary/aromatic N) is 2. The van der Waals surface area contributed by atoms with Gasteiger partial charge in [0.1, 0.15) is 0 Å². The van der Waals surface area contributed by atoms with Crippen LogP contribution in [0.3, 0.4) is 0 Å². The molecule has 0 aliphatic carbocycles. The minimum atomic E-state index is 0.594. The molecule has 4 nitrogen and oxygen atoms in total. The Morgan fingerprint density at radius 2 is 2.18 bits per heavy atom. The first-order valence-electron chi connectivity index (χ1n) is 5.52. The summed E-state index contributed by atoms with van der Waals surface area (Å²) in [6.45, 7) is 2.11. The zero-order valence-electron chi connectivity index (χ0n) is 9.72. The highest BCUT2D eigenvalue weighted by atomic mass is 32.2. The van der Waals surface area contributed by atoms with Gasteiger partial charge in [-0.15, -0.1) is 0 Å². The van der Waals surface area contributed by atoms with Crippen LogP contribution < -0.4 is 5.73 Å². The van der Waals surface area contributed by atoms with Gasteiger partial charge in [0.15, 0.2) is 5.82 Å². The van der Waals surface area contributed by atoms with E-state index in [1.54, 1.807) is 11.8 Å². The van der Waals surface area contributed by atoms with Gasteiger partial charge in [-0.1, -0.05) is 30.3 Å². The smallest absolute Gasteiger partial charge is 0.231 e. The highest BCUT2D eigenvalue weighted by Gasteiger charge is 2.08. The largest absolute Gasteiger partial charge is 0.398 e. The second-order valence-corrected chi connectivity index (χ2v) is 4.89. The molecule has 0 unspecified atom stereocenters. The Balaban J connectivity index is 2.04. The van der Waals surface area contributed by atoms with Gasteiger partial charge in [0.2, 0.25) is 5.89 Å². The first-order valence-corrected chi connectivity index (χ1v) is 6.67. The molecule has 5 heteroatoms. The van der Waals surface area contributed by atoms with Crippen LogP contribution in [-0.4, -0.2) is 15.9 Å². The number of rotatable bonds is 5. The summed E-state index contributed by atoms with van der Waals surface area (Å²) in [6, 6.07) is 7.71. The van der Waals surface area contributed by atoms with E-state index in [-0.39, 0.29) is 0 Å². The Kier molecular flexibility index (Phi) is 4.03. The molecule has 2 aromatic rings. The fourth-order valence-electron chi connectivity index (χ4n) is 1.47. The Morgan fingerprint density at radius 1 is 1.35 bits per heavy atom. The number of para-hydroxylation sites is 1. The van der Waals surface area contributed by atoms with Crippen molar-refractivity contribution in [1.29, 1.82) is 0 Å². The van der Waals surface area contributed by atoms with E-state index in [0.717, 1.165) is 28.6 Å². The van der Waals surface area contributed by atoms with E-state index in [0.29, 0.717) is 12.3 Å². The number of benzene rings is 1. The van der Waals surface area contributed by atoms with Crippen molar-refractivity contribution in [3.05, 3.63) is 41.5 Å². The summed E-state index contributed by atoms with van der Waals surface area (Å²) in [6.07, 6.45) is 0.594. The predicted molar refractivity (Wildman–Crippen MR) is 69.8 cm³/mol. The van der Waals surface area contributed by atoms with Gasteiger partial charge in [-0.3, -0.25) is 0 Å². The highest BCUT2D eigenvalue weighted by molar-refractivity contribution is 7.98. The van der Waals surface area contributed by atoms with Crippen molar-refractivity contribution in [2.45, 2.75) is 19.1 Å². The van der Waals surface area contributed by atoms with Crippen LogP contribution in [0.5, 0.6) is 0 Å². The van der Waals surface area contributed by atoms with Gasteiger partial charge >= 0.3 is 0 Å². The van der Waals surface area contributed by atoms with Gasteiger partial charge < -0.3 is 10.3 Å². The standard InChI is InChI=1S/C12H15N3OS/c1-2-17-8-11-14-12(16-15-11)7-9-5-3-4-6-10(9)13/h3-6H,2,7-8,13H2,1H3. The van der Waals surface area contributed by atoms with Crippen molar-refractivity contribution in [3.8, 4) is 0 Å². The molecule has 2 N–H and O–H groups in total. The number of nitrogen functional groups attached to an aromatic ring is 1. The molecule has 0 bridgehead atoms. The van der Waals surface area contributed by atoms with Crippen LogP contribution in [0.15, 0.2) is 28.8 Å². The Bertz CT molecular complexity index is 484. The minimum Gasteiger partial charge on any atom is -0.398 e. The van der Waals surface area contributed by atoms with E-state index in [1.807, 2.05) is 24.3 Å². The van der Waals surface area contributed by atoms with E-state index >= 15 is 0 Å². The molecule has 0 aliphatic rings. The van der Waals surface area contributed by atoms with Crippen LogP contribution in [0.25, 0.3) is 0 Å². The maximum atomic E-state index is 5.86. The van der Waals surface area contributed by atoms with Crippen molar-refractivity contribution in [2.75, 3.05) is 11.5 Å². The molecule has 0 saturated heterocycles. The van der Waals surface area contributed by atoms with Gasteiger partial charge in [-0.05, 0) is 17.4 Å². The quantitative estimate of drug-likeness (QED) is 0.825. The zero-order chi connectivity index (χ0) is 12.1. The van der Waals surface area contributed by atoms with E-state index in [2.05, 4.69) is 17.1 Å². The molecule has 0 spiro atoms. The SMILES string of the molecule is CCSCc1noc(Cc2ccccc2N)n1. The summed E-state index contributed by atoms with van der Waals surface area (Å²) in [7, 11) is 0. The number of thioether (sulfide) groups is 1. The van der Waals surface area contributed by atoms with Crippen LogP contribution in [0, 0.1) is 0 Å². The lowest BCUT2D eigenvalue weighted by molar-refractivity contribution is 0.381. The van der Waals surface area contributed by atoms with E-state index < -0.39 is 0 Å². The molecule has 17 heavy (non-hydrogen) atoms. The molecule has 0 amide bonds. The molecule has 1 aromatic carbocycles. The third kappa shape index (κ3) is 3.23. The number of nitrogens with two attached hydrogens (primary N) is 1. The summed E-state index contributed by atoms with van der Waals surface area (Å²) in [4.78, 5) is 4.33. The monoisotopic (exact) mass is 249 g/mol. The summed E-state index contributed by atoms with van der Waals surface area (Å²) < 4.78 is 5.19. The molecule has 2 rings (SSSR count).